The van der Waals surface area contributed by atoms with E-state index in [-0.39, 0.29) is 0 Å². The third kappa shape index (κ3) is 2.67. The lowest BCUT2D eigenvalue weighted by atomic mass is 10.1. The van der Waals surface area contributed by atoms with Gasteiger partial charge in [0.1, 0.15) is 5.82 Å². The van der Waals surface area contributed by atoms with E-state index in [9.17, 15) is 0 Å². The molecule has 0 spiro atoms. The van der Waals surface area contributed by atoms with Crippen LogP contribution >= 0.6 is 0 Å². The first-order chi connectivity index (χ1) is 9.24. The minimum absolute atomic E-state index is 0.493. The molecular formula is C15H18N4. The van der Waals surface area contributed by atoms with Crippen LogP contribution in [0.4, 0.5) is 11.8 Å². The molecule has 4 heteroatoms. The molecule has 19 heavy (non-hydrogen) atoms. The van der Waals surface area contributed by atoms with Gasteiger partial charge >= 0.3 is 0 Å². The van der Waals surface area contributed by atoms with Crippen LogP contribution in [0.2, 0.25) is 0 Å². The number of nitrogens with one attached hydrogen (secondary N) is 1. The fourth-order valence-corrected chi connectivity index (χ4v) is 2.26. The summed E-state index contributed by atoms with van der Waals surface area (Å²) in [6, 6.07) is 13.1. The normalized spacial score (nSPS) is 20.9. The van der Waals surface area contributed by atoms with Crippen LogP contribution in [0.1, 0.15) is 17.9 Å². The molecule has 1 aromatic carbocycles. The second-order valence-corrected chi connectivity index (χ2v) is 5.14. The van der Waals surface area contributed by atoms with Gasteiger partial charge in [-0.05, 0) is 18.1 Å². The van der Waals surface area contributed by atoms with Crippen LogP contribution in [0.25, 0.3) is 0 Å². The lowest BCUT2D eigenvalue weighted by molar-refractivity contribution is 0.976. The average molecular weight is 254 g/mol. The minimum atomic E-state index is 0.493. The minimum Gasteiger partial charge on any atom is -0.367 e. The molecule has 1 aromatic heterocycles. The summed E-state index contributed by atoms with van der Waals surface area (Å²) in [5.41, 5.74) is 1.40. The van der Waals surface area contributed by atoms with E-state index in [4.69, 9.17) is 0 Å². The Morgan fingerprint density at radius 1 is 1.16 bits per heavy atom. The molecule has 0 saturated heterocycles. The van der Waals surface area contributed by atoms with Crippen molar-refractivity contribution in [3.8, 4) is 0 Å². The van der Waals surface area contributed by atoms with Crippen molar-refractivity contribution in [1.29, 1.82) is 0 Å². The van der Waals surface area contributed by atoms with Gasteiger partial charge in [-0.25, -0.2) is 4.98 Å². The predicted molar refractivity (Wildman–Crippen MR) is 77.6 cm³/mol. The second kappa shape index (κ2) is 4.88. The highest BCUT2D eigenvalue weighted by Crippen LogP contribution is 2.42. The van der Waals surface area contributed by atoms with Crippen molar-refractivity contribution in [3.63, 3.8) is 0 Å². The molecule has 1 saturated carbocycles. The summed E-state index contributed by atoms with van der Waals surface area (Å²) in [5, 5.41) is 3.48. The quantitative estimate of drug-likeness (QED) is 0.910. The van der Waals surface area contributed by atoms with Crippen molar-refractivity contribution in [1.82, 2.24) is 9.97 Å². The highest BCUT2D eigenvalue weighted by Gasteiger charge is 2.38. The third-order valence-electron chi connectivity index (χ3n) is 3.39. The summed E-state index contributed by atoms with van der Waals surface area (Å²) >= 11 is 0. The van der Waals surface area contributed by atoms with Gasteiger partial charge in [0.2, 0.25) is 5.95 Å². The lowest BCUT2D eigenvalue weighted by Crippen LogP contribution is -2.14. The fourth-order valence-electron chi connectivity index (χ4n) is 2.26. The molecule has 2 unspecified atom stereocenters. The molecule has 0 aliphatic heterocycles. The Hall–Kier alpha value is -2.10. The maximum absolute atomic E-state index is 4.48. The smallest absolute Gasteiger partial charge is 0.226 e. The van der Waals surface area contributed by atoms with E-state index in [1.54, 1.807) is 6.20 Å². The summed E-state index contributed by atoms with van der Waals surface area (Å²) in [6.07, 6.45) is 2.97. The van der Waals surface area contributed by atoms with Crippen molar-refractivity contribution in [2.45, 2.75) is 18.4 Å². The number of hydrogen-bond acceptors (Lipinski definition) is 4. The monoisotopic (exact) mass is 254 g/mol. The Kier molecular flexibility index (Phi) is 3.07. The van der Waals surface area contributed by atoms with Crippen LogP contribution < -0.4 is 10.2 Å². The van der Waals surface area contributed by atoms with Gasteiger partial charge in [-0.15, -0.1) is 0 Å². The summed E-state index contributed by atoms with van der Waals surface area (Å²) in [6.45, 7) is 0. The fraction of sp³-hybridized carbons (Fsp3) is 0.333. The van der Waals surface area contributed by atoms with Gasteiger partial charge < -0.3 is 10.2 Å². The van der Waals surface area contributed by atoms with E-state index < -0.39 is 0 Å². The zero-order valence-corrected chi connectivity index (χ0v) is 11.2. The van der Waals surface area contributed by atoms with E-state index in [0.29, 0.717) is 12.0 Å². The molecule has 1 N–H and O–H groups in total. The van der Waals surface area contributed by atoms with Gasteiger partial charge in [-0.2, -0.15) is 4.98 Å². The molecule has 0 amide bonds. The van der Waals surface area contributed by atoms with Crippen LogP contribution in [0, 0.1) is 0 Å². The second-order valence-electron chi connectivity index (χ2n) is 5.14. The Balaban J connectivity index is 1.66. The van der Waals surface area contributed by atoms with Crippen molar-refractivity contribution >= 4 is 11.8 Å². The number of anilines is 2. The van der Waals surface area contributed by atoms with E-state index in [1.807, 2.05) is 25.1 Å². The van der Waals surface area contributed by atoms with Gasteiger partial charge in [-0.3, -0.25) is 0 Å². The molecule has 2 atom stereocenters. The molecule has 1 aliphatic carbocycles. The molecule has 0 radical (unpaired) electrons. The zero-order chi connectivity index (χ0) is 13.2. The Morgan fingerprint density at radius 2 is 1.95 bits per heavy atom. The van der Waals surface area contributed by atoms with Gasteiger partial charge in [0.25, 0.3) is 0 Å². The Labute approximate surface area is 113 Å². The van der Waals surface area contributed by atoms with E-state index >= 15 is 0 Å². The van der Waals surface area contributed by atoms with Crippen molar-refractivity contribution < 1.29 is 0 Å². The van der Waals surface area contributed by atoms with Gasteiger partial charge in [0.05, 0.1) is 0 Å². The summed E-state index contributed by atoms with van der Waals surface area (Å²) in [5.74, 6) is 2.25. The van der Waals surface area contributed by atoms with Gasteiger partial charge in [0, 0.05) is 32.3 Å². The maximum Gasteiger partial charge on any atom is 0.226 e. The van der Waals surface area contributed by atoms with Crippen LogP contribution in [-0.2, 0) is 0 Å². The molecule has 4 nitrogen and oxygen atoms in total. The largest absolute Gasteiger partial charge is 0.367 e. The number of hydrogen-bond donors (Lipinski definition) is 1. The van der Waals surface area contributed by atoms with E-state index in [0.717, 1.165) is 11.8 Å². The molecule has 0 bridgehead atoms. The molecule has 1 aliphatic rings. The first-order valence-electron chi connectivity index (χ1n) is 6.56. The number of aromatic nitrogens is 2. The lowest BCUT2D eigenvalue weighted by Gasteiger charge is -2.11. The predicted octanol–water partition coefficient (Wildman–Crippen LogP) is 2.51. The first-order valence-corrected chi connectivity index (χ1v) is 6.56. The molecule has 3 rings (SSSR count). The van der Waals surface area contributed by atoms with E-state index in [1.165, 1.54) is 12.0 Å². The van der Waals surface area contributed by atoms with Crippen LogP contribution in [0.15, 0.2) is 42.6 Å². The highest BCUT2D eigenvalue weighted by molar-refractivity contribution is 5.44. The Morgan fingerprint density at radius 3 is 2.68 bits per heavy atom. The summed E-state index contributed by atoms with van der Waals surface area (Å²) in [4.78, 5) is 10.6. The number of rotatable bonds is 4. The first kappa shape index (κ1) is 12.0. The van der Waals surface area contributed by atoms with Gasteiger partial charge in [-0.1, -0.05) is 30.3 Å². The van der Waals surface area contributed by atoms with Crippen LogP contribution in [-0.4, -0.2) is 30.1 Å². The average Bonchev–Trinajstić information content (AvgIpc) is 3.19. The van der Waals surface area contributed by atoms with E-state index in [2.05, 4.69) is 45.6 Å². The molecule has 98 valence electrons. The maximum atomic E-state index is 4.48. The van der Waals surface area contributed by atoms with Crippen LogP contribution in [0.5, 0.6) is 0 Å². The molecular weight excluding hydrogens is 236 g/mol. The molecule has 1 heterocycles. The van der Waals surface area contributed by atoms with Crippen LogP contribution in [0.3, 0.4) is 0 Å². The number of benzene rings is 1. The third-order valence-corrected chi connectivity index (χ3v) is 3.39. The van der Waals surface area contributed by atoms with Gasteiger partial charge in [0.15, 0.2) is 0 Å². The van der Waals surface area contributed by atoms with Crippen molar-refractivity contribution in [3.05, 3.63) is 48.2 Å². The topological polar surface area (TPSA) is 41.1 Å². The summed E-state index contributed by atoms with van der Waals surface area (Å²) < 4.78 is 0. The molecule has 1 fully saturated rings. The Bertz CT molecular complexity index is 553. The highest BCUT2D eigenvalue weighted by atomic mass is 15.2. The number of nitrogens with zero attached hydrogens (tertiary/aromatic N) is 3. The summed E-state index contributed by atoms with van der Waals surface area (Å²) in [7, 11) is 3.89. The molecule has 2 aromatic rings. The standard InChI is InChI=1S/C15H18N4/c1-19(2)15-16-9-8-14(18-15)17-13-10-12(13)11-6-4-3-5-7-11/h3-9,12-13H,10H2,1-2H3,(H,16,17,18). The zero-order valence-electron chi connectivity index (χ0n) is 11.2. The SMILES string of the molecule is CN(C)c1nccc(NC2CC2c2ccccc2)n1. The van der Waals surface area contributed by atoms with Crippen molar-refractivity contribution in [2.24, 2.45) is 0 Å². The van der Waals surface area contributed by atoms with Crippen molar-refractivity contribution in [2.75, 3.05) is 24.3 Å².